The number of nitrogen functional groups attached to an aromatic ring is 1. The second kappa shape index (κ2) is 5.01. The van der Waals surface area contributed by atoms with Gasteiger partial charge in [-0.15, -0.1) is 0 Å². The van der Waals surface area contributed by atoms with Crippen molar-refractivity contribution in [1.82, 2.24) is 4.98 Å². The number of carbonyl (C=O) groups is 1. The number of nitrogens with two attached hydrogens (primary N) is 1. The van der Waals surface area contributed by atoms with E-state index in [9.17, 15) is 13.6 Å². The van der Waals surface area contributed by atoms with Crippen molar-refractivity contribution in [3.05, 3.63) is 48.2 Å². The Morgan fingerprint density at radius 1 is 1.32 bits per heavy atom. The van der Waals surface area contributed by atoms with E-state index in [0.29, 0.717) is 5.69 Å². The second-order valence-electron chi connectivity index (χ2n) is 3.87. The van der Waals surface area contributed by atoms with E-state index in [1.54, 1.807) is 0 Å². The Hall–Kier alpha value is -2.50. The van der Waals surface area contributed by atoms with Crippen molar-refractivity contribution >= 4 is 23.1 Å². The van der Waals surface area contributed by atoms with E-state index < -0.39 is 17.5 Å². The Morgan fingerprint density at radius 3 is 2.68 bits per heavy atom. The monoisotopic (exact) mass is 263 g/mol. The minimum Gasteiger partial charge on any atom is -0.399 e. The van der Waals surface area contributed by atoms with Crippen LogP contribution in [0.25, 0.3) is 0 Å². The Morgan fingerprint density at radius 2 is 2.05 bits per heavy atom. The van der Waals surface area contributed by atoms with Crippen molar-refractivity contribution in [1.29, 1.82) is 0 Å². The first-order valence-corrected chi connectivity index (χ1v) is 5.47. The van der Waals surface area contributed by atoms with Gasteiger partial charge in [-0.25, -0.2) is 13.8 Å². The van der Waals surface area contributed by atoms with Crippen LogP contribution in [0.2, 0.25) is 0 Å². The molecule has 2 aromatic rings. The van der Waals surface area contributed by atoms with Crippen molar-refractivity contribution in [3.63, 3.8) is 0 Å². The predicted octanol–water partition coefficient (Wildman–Crippen LogP) is 2.63. The van der Waals surface area contributed by atoms with Crippen LogP contribution in [0.15, 0.2) is 36.5 Å². The molecule has 0 unspecified atom stereocenters. The van der Waals surface area contributed by atoms with Crippen LogP contribution in [0, 0.1) is 11.6 Å². The molecule has 98 valence electrons. The third kappa shape index (κ3) is 2.52. The molecule has 0 saturated heterocycles. The molecule has 0 fully saturated rings. The molecule has 1 aromatic heterocycles. The van der Waals surface area contributed by atoms with E-state index in [0.717, 1.165) is 11.0 Å². The van der Waals surface area contributed by atoms with Crippen molar-refractivity contribution in [2.24, 2.45) is 0 Å². The maximum absolute atomic E-state index is 13.8. The molecule has 0 aliphatic rings. The van der Waals surface area contributed by atoms with Gasteiger partial charge in [-0.1, -0.05) is 6.07 Å². The van der Waals surface area contributed by atoms with Crippen molar-refractivity contribution < 1.29 is 13.6 Å². The Balaban J connectivity index is 2.58. The fourth-order valence-electron chi connectivity index (χ4n) is 1.68. The fraction of sp³-hybridized carbons (Fsp3) is 0.0769. The lowest BCUT2D eigenvalue weighted by Gasteiger charge is -2.21. The molecule has 0 bridgehead atoms. The maximum atomic E-state index is 13.8. The molecular weight excluding hydrogens is 252 g/mol. The summed E-state index contributed by atoms with van der Waals surface area (Å²) in [6.07, 6.45) is 1.39. The fourth-order valence-corrected chi connectivity index (χ4v) is 1.68. The third-order valence-electron chi connectivity index (χ3n) is 2.49. The zero-order valence-electron chi connectivity index (χ0n) is 10.1. The molecule has 2 N–H and O–H groups in total. The van der Waals surface area contributed by atoms with Gasteiger partial charge in [0, 0.05) is 24.9 Å². The first-order chi connectivity index (χ1) is 9.00. The van der Waals surface area contributed by atoms with E-state index in [1.807, 2.05) is 0 Å². The first-order valence-electron chi connectivity index (χ1n) is 5.47. The zero-order chi connectivity index (χ0) is 14.0. The molecule has 1 aromatic carbocycles. The van der Waals surface area contributed by atoms with Crippen LogP contribution in [0.1, 0.15) is 6.92 Å². The summed E-state index contributed by atoms with van der Waals surface area (Å²) in [5.41, 5.74) is 5.76. The number of pyridine rings is 1. The molecule has 19 heavy (non-hydrogen) atoms. The van der Waals surface area contributed by atoms with Gasteiger partial charge in [0.05, 0.1) is 5.69 Å². The summed E-state index contributed by atoms with van der Waals surface area (Å²) in [5.74, 6) is -2.51. The van der Waals surface area contributed by atoms with E-state index in [-0.39, 0.29) is 11.5 Å². The van der Waals surface area contributed by atoms with Crippen LogP contribution in [-0.4, -0.2) is 10.9 Å². The largest absolute Gasteiger partial charge is 0.399 e. The molecule has 6 heteroatoms. The predicted molar refractivity (Wildman–Crippen MR) is 67.8 cm³/mol. The van der Waals surface area contributed by atoms with Gasteiger partial charge in [0.1, 0.15) is 5.82 Å². The summed E-state index contributed by atoms with van der Waals surface area (Å²) in [6, 6.07) is 6.53. The second-order valence-corrected chi connectivity index (χ2v) is 3.87. The minimum atomic E-state index is -1.11. The number of carbonyl (C=O) groups excluding carboxylic acids is 1. The smallest absolute Gasteiger partial charge is 0.229 e. The highest BCUT2D eigenvalue weighted by molar-refractivity contribution is 5.98. The zero-order valence-corrected chi connectivity index (χ0v) is 10.1. The van der Waals surface area contributed by atoms with Crippen LogP contribution >= 0.6 is 0 Å². The molecule has 0 aliphatic heterocycles. The van der Waals surface area contributed by atoms with Gasteiger partial charge < -0.3 is 5.73 Å². The average molecular weight is 263 g/mol. The van der Waals surface area contributed by atoms with E-state index in [1.165, 1.54) is 37.4 Å². The molecule has 0 radical (unpaired) electrons. The van der Waals surface area contributed by atoms with Gasteiger partial charge in [0.15, 0.2) is 11.6 Å². The van der Waals surface area contributed by atoms with E-state index in [2.05, 4.69) is 4.98 Å². The Bertz CT molecular complexity index is 631. The number of hydrogen-bond donors (Lipinski definition) is 1. The van der Waals surface area contributed by atoms with Crippen LogP contribution in [0.4, 0.5) is 26.0 Å². The molecular formula is C13H11F2N3O. The molecule has 0 spiro atoms. The normalized spacial score (nSPS) is 10.3. The highest BCUT2D eigenvalue weighted by Gasteiger charge is 2.21. The lowest BCUT2D eigenvalue weighted by molar-refractivity contribution is -0.115. The standard InChI is InChI=1S/C13H11F2N3O/c1-8(19)18(12-7-9(16)5-6-17-12)11-4-2-3-10(14)13(11)15/h2-7H,1H3,(H2,16,17). The topological polar surface area (TPSA) is 59.2 Å². The minimum absolute atomic E-state index is 0.136. The molecule has 0 aliphatic carbocycles. The summed E-state index contributed by atoms with van der Waals surface area (Å²) in [4.78, 5) is 16.6. The summed E-state index contributed by atoms with van der Waals surface area (Å²) >= 11 is 0. The van der Waals surface area contributed by atoms with Gasteiger partial charge in [-0.05, 0) is 18.2 Å². The third-order valence-corrected chi connectivity index (χ3v) is 2.49. The number of halogens is 2. The maximum Gasteiger partial charge on any atom is 0.229 e. The summed E-state index contributed by atoms with van der Waals surface area (Å²) in [6.45, 7) is 1.23. The van der Waals surface area contributed by atoms with Crippen LogP contribution < -0.4 is 10.6 Å². The molecule has 0 saturated carbocycles. The lowest BCUT2D eigenvalue weighted by Crippen LogP contribution is -2.25. The van der Waals surface area contributed by atoms with E-state index >= 15 is 0 Å². The number of hydrogen-bond acceptors (Lipinski definition) is 3. The molecule has 0 atom stereocenters. The number of nitrogens with zero attached hydrogens (tertiary/aromatic N) is 2. The number of benzene rings is 1. The van der Waals surface area contributed by atoms with Gasteiger partial charge in [0.25, 0.3) is 0 Å². The Kier molecular flexibility index (Phi) is 3.41. The molecule has 1 amide bonds. The van der Waals surface area contributed by atoms with Gasteiger partial charge in [-0.3, -0.25) is 9.69 Å². The summed E-state index contributed by atoms with van der Waals surface area (Å²) < 4.78 is 27.0. The highest BCUT2D eigenvalue weighted by Crippen LogP contribution is 2.28. The summed E-state index contributed by atoms with van der Waals surface area (Å²) in [5, 5.41) is 0. The van der Waals surface area contributed by atoms with Crippen molar-refractivity contribution in [3.8, 4) is 0 Å². The summed E-state index contributed by atoms with van der Waals surface area (Å²) in [7, 11) is 0. The number of anilines is 3. The number of aromatic nitrogens is 1. The van der Waals surface area contributed by atoms with Crippen LogP contribution in [0.5, 0.6) is 0 Å². The van der Waals surface area contributed by atoms with Crippen LogP contribution in [0.3, 0.4) is 0 Å². The SMILES string of the molecule is CC(=O)N(c1cc(N)ccn1)c1cccc(F)c1F. The quantitative estimate of drug-likeness (QED) is 0.906. The van der Waals surface area contributed by atoms with E-state index in [4.69, 9.17) is 5.73 Å². The van der Waals surface area contributed by atoms with Crippen LogP contribution in [-0.2, 0) is 4.79 Å². The van der Waals surface area contributed by atoms with Crippen molar-refractivity contribution in [2.75, 3.05) is 10.6 Å². The molecule has 4 nitrogen and oxygen atoms in total. The van der Waals surface area contributed by atoms with Crippen molar-refractivity contribution in [2.45, 2.75) is 6.92 Å². The lowest BCUT2D eigenvalue weighted by atomic mass is 10.2. The number of rotatable bonds is 2. The van der Waals surface area contributed by atoms with Gasteiger partial charge >= 0.3 is 0 Å². The molecule has 1 heterocycles. The number of amides is 1. The molecule has 2 rings (SSSR count). The average Bonchev–Trinajstić information content (AvgIpc) is 2.34. The Labute approximate surface area is 108 Å². The van der Waals surface area contributed by atoms with Gasteiger partial charge in [-0.2, -0.15) is 0 Å². The van der Waals surface area contributed by atoms with Gasteiger partial charge in [0.2, 0.25) is 5.91 Å². The first kappa shape index (κ1) is 12.9. The highest BCUT2D eigenvalue weighted by atomic mass is 19.2.